The van der Waals surface area contributed by atoms with Crippen LogP contribution < -0.4 is 20.9 Å². The van der Waals surface area contributed by atoms with Crippen molar-refractivity contribution in [2.45, 2.75) is 19.4 Å². The number of anilines is 2. The van der Waals surface area contributed by atoms with Crippen LogP contribution >= 0.6 is 0 Å². The summed E-state index contributed by atoms with van der Waals surface area (Å²) in [4.78, 5) is 28.7. The van der Waals surface area contributed by atoms with E-state index in [1.165, 1.54) is 0 Å². The molecule has 2 amide bonds. The summed E-state index contributed by atoms with van der Waals surface area (Å²) >= 11 is 0. The number of nitrogens with one attached hydrogen (secondary N) is 3. The number of hydrogen-bond acceptors (Lipinski definition) is 4. The predicted molar refractivity (Wildman–Crippen MR) is 133 cm³/mol. The quantitative estimate of drug-likeness (QED) is 0.525. The number of para-hydroxylation sites is 2. The van der Waals surface area contributed by atoms with Crippen molar-refractivity contribution in [2.24, 2.45) is 0 Å². The van der Waals surface area contributed by atoms with Crippen LogP contribution in [0.25, 0.3) is 0 Å². The van der Waals surface area contributed by atoms with Gasteiger partial charge in [-0.05, 0) is 36.2 Å². The third-order valence-electron chi connectivity index (χ3n) is 5.91. The number of amides is 2. The number of rotatable bonds is 7. The number of piperazine rings is 1. The van der Waals surface area contributed by atoms with E-state index in [9.17, 15) is 9.59 Å². The van der Waals surface area contributed by atoms with Crippen LogP contribution in [-0.2, 0) is 11.2 Å². The maximum absolute atomic E-state index is 13.4. The van der Waals surface area contributed by atoms with Gasteiger partial charge in [0.2, 0.25) is 5.91 Å². The number of hydrogen-bond donors (Lipinski definition) is 3. The average Bonchev–Trinajstić information content (AvgIpc) is 2.85. The Morgan fingerprint density at radius 1 is 0.909 bits per heavy atom. The summed E-state index contributed by atoms with van der Waals surface area (Å²) in [5.74, 6) is -0.483. The normalized spacial score (nSPS) is 14.4. The molecule has 1 fully saturated rings. The highest BCUT2D eigenvalue weighted by Gasteiger charge is 2.24. The first-order valence-corrected chi connectivity index (χ1v) is 11.4. The Morgan fingerprint density at radius 3 is 2.33 bits per heavy atom. The monoisotopic (exact) mass is 442 g/mol. The lowest BCUT2D eigenvalue weighted by Crippen LogP contribution is -2.46. The molecule has 1 aliphatic heterocycles. The Balaban J connectivity index is 1.56. The maximum atomic E-state index is 13.4. The van der Waals surface area contributed by atoms with Crippen LogP contribution in [0.2, 0.25) is 0 Å². The lowest BCUT2D eigenvalue weighted by Gasteiger charge is -2.31. The molecule has 0 aromatic heterocycles. The molecule has 170 valence electrons. The second kappa shape index (κ2) is 10.8. The third kappa shape index (κ3) is 5.79. The minimum absolute atomic E-state index is 0.233. The lowest BCUT2D eigenvalue weighted by atomic mass is 10.0. The molecule has 3 N–H and O–H groups in total. The van der Waals surface area contributed by atoms with E-state index in [1.54, 1.807) is 6.07 Å². The van der Waals surface area contributed by atoms with Gasteiger partial charge in [-0.25, -0.2) is 0 Å². The van der Waals surface area contributed by atoms with E-state index in [0.717, 1.165) is 48.7 Å². The van der Waals surface area contributed by atoms with Gasteiger partial charge in [-0.1, -0.05) is 60.7 Å². The Bertz CT molecular complexity index is 1090. The largest absolute Gasteiger partial charge is 0.367 e. The zero-order chi connectivity index (χ0) is 23.0. The fraction of sp³-hybridized carbons (Fsp3) is 0.259. The number of nitrogens with zero attached hydrogens (tertiary/aromatic N) is 1. The molecule has 1 atom stereocenters. The molecule has 3 aromatic rings. The van der Waals surface area contributed by atoms with Crippen LogP contribution in [0.4, 0.5) is 11.4 Å². The molecule has 0 radical (unpaired) electrons. The molecule has 4 rings (SSSR count). The van der Waals surface area contributed by atoms with Crippen LogP contribution in [0.15, 0.2) is 78.9 Å². The molecule has 0 saturated carbocycles. The standard InChI is InChI=1S/C27H30N4O2/c1-20-9-5-6-12-22(20)26(32)30-24(19-21-10-3-2-4-11-21)27(33)29-23-13-7-8-14-25(23)31-17-15-28-16-18-31/h2-14,24,28H,15-19H2,1H3,(H,29,33)(H,30,32). The average molecular weight is 443 g/mol. The second-order valence-electron chi connectivity index (χ2n) is 8.27. The molecule has 6 heteroatoms. The first kappa shape index (κ1) is 22.6. The lowest BCUT2D eigenvalue weighted by molar-refractivity contribution is -0.118. The third-order valence-corrected chi connectivity index (χ3v) is 5.91. The van der Waals surface area contributed by atoms with Gasteiger partial charge in [-0.3, -0.25) is 9.59 Å². The number of aryl methyl sites for hydroxylation is 1. The van der Waals surface area contributed by atoms with Crippen molar-refractivity contribution < 1.29 is 9.59 Å². The van der Waals surface area contributed by atoms with Crippen molar-refractivity contribution in [2.75, 3.05) is 36.4 Å². The Kier molecular flexibility index (Phi) is 7.37. The first-order chi connectivity index (χ1) is 16.1. The minimum Gasteiger partial charge on any atom is -0.367 e. The van der Waals surface area contributed by atoms with Gasteiger partial charge in [-0.15, -0.1) is 0 Å². The van der Waals surface area contributed by atoms with Crippen molar-refractivity contribution in [1.82, 2.24) is 10.6 Å². The van der Waals surface area contributed by atoms with Crippen LogP contribution in [0.3, 0.4) is 0 Å². The van der Waals surface area contributed by atoms with Gasteiger partial charge in [-0.2, -0.15) is 0 Å². The molecule has 0 spiro atoms. The Hall–Kier alpha value is -3.64. The Labute approximate surface area is 195 Å². The van der Waals surface area contributed by atoms with Crippen molar-refractivity contribution >= 4 is 23.2 Å². The van der Waals surface area contributed by atoms with E-state index in [-0.39, 0.29) is 11.8 Å². The van der Waals surface area contributed by atoms with E-state index in [1.807, 2.05) is 79.7 Å². The number of benzene rings is 3. The summed E-state index contributed by atoms with van der Waals surface area (Å²) in [7, 11) is 0. The van der Waals surface area contributed by atoms with Crippen LogP contribution in [0.5, 0.6) is 0 Å². The highest BCUT2D eigenvalue weighted by molar-refractivity contribution is 6.03. The summed E-state index contributed by atoms with van der Waals surface area (Å²) in [6.07, 6.45) is 0.403. The summed E-state index contributed by atoms with van der Waals surface area (Å²) < 4.78 is 0. The highest BCUT2D eigenvalue weighted by Crippen LogP contribution is 2.26. The van der Waals surface area contributed by atoms with Gasteiger partial charge >= 0.3 is 0 Å². The molecular weight excluding hydrogens is 412 g/mol. The van der Waals surface area contributed by atoms with Crippen LogP contribution in [0, 0.1) is 6.92 Å². The SMILES string of the molecule is Cc1ccccc1C(=O)NC(Cc1ccccc1)C(=O)Nc1ccccc1N1CCNCC1. The van der Waals surface area contributed by atoms with E-state index < -0.39 is 6.04 Å². The molecule has 33 heavy (non-hydrogen) atoms. The summed E-state index contributed by atoms with van der Waals surface area (Å²) in [6, 6.07) is 24.3. The molecule has 6 nitrogen and oxygen atoms in total. The maximum Gasteiger partial charge on any atom is 0.252 e. The Morgan fingerprint density at radius 2 is 1.58 bits per heavy atom. The van der Waals surface area contributed by atoms with Crippen LogP contribution in [-0.4, -0.2) is 44.0 Å². The molecule has 1 heterocycles. The fourth-order valence-corrected chi connectivity index (χ4v) is 4.10. The van der Waals surface area contributed by atoms with E-state index >= 15 is 0 Å². The van der Waals surface area contributed by atoms with Crippen molar-refractivity contribution in [1.29, 1.82) is 0 Å². The van der Waals surface area contributed by atoms with E-state index in [2.05, 4.69) is 20.9 Å². The van der Waals surface area contributed by atoms with Crippen molar-refractivity contribution in [3.63, 3.8) is 0 Å². The van der Waals surface area contributed by atoms with Gasteiger partial charge < -0.3 is 20.9 Å². The number of carbonyl (C=O) groups excluding carboxylic acids is 2. The van der Waals surface area contributed by atoms with Crippen LogP contribution in [0.1, 0.15) is 21.5 Å². The van der Waals surface area contributed by atoms with Gasteiger partial charge in [0.1, 0.15) is 6.04 Å². The van der Waals surface area contributed by atoms with Gasteiger partial charge in [0.05, 0.1) is 11.4 Å². The van der Waals surface area contributed by atoms with Gasteiger partial charge in [0, 0.05) is 38.2 Å². The molecule has 0 aliphatic carbocycles. The molecule has 3 aromatic carbocycles. The van der Waals surface area contributed by atoms with Gasteiger partial charge in [0.25, 0.3) is 5.91 Å². The molecule has 0 bridgehead atoms. The van der Waals surface area contributed by atoms with Gasteiger partial charge in [0.15, 0.2) is 0 Å². The number of carbonyl (C=O) groups is 2. The summed E-state index contributed by atoms with van der Waals surface area (Å²) in [6.45, 7) is 5.47. The zero-order valence-electron chi connectivity index (χ0n) is 18.9. The smallest absolute Gasteiger partial charge is 0.252 e. The first-order valence-electron chi connectivity index (χ1n) is 11.4. The zero-order valence-corrected chi connectivity index (χ0v) is 18.9. The topological polar surface area (TPSA) is 73.5 Å². The predicted octanol–water partition coefficient (Wildman–Crippen LogP) is 3.38. The van der Waals surface area contributed by atoms with E-state index in [4.69, 9.17) is 0 Å². The molecule has 1 unspecified atom stereocenters. The molecule has 1 aliphatic rings. The fourth-order valence-electron chi connectivity index (χ4n) is 4.10. The van der Waals surface area contributed by atoms with Crippen molar-refractivity contribution in [3.05, 3.63) is 95.6 Å². The minimum atomic E-state index is -0.712. The van der Waals surface area contributed by atoms with Crippen molar-refractivity contribution in [3.8, 4) is 0 Å². The summed E-state index contributed by atoms with van der Waals surface area (Å²) in [5, 5.41) is 9.41. The molecule has 1 saturated heterocycles. The summed E-state index contributed by atoms with van der Waals surface area (Å²) in [5.41, 5.74) is 4.18. The highest BCUT2D eigenvalue weighted by atomic mass is 16.2. The molecular formula is C27H30N4O2. The van der Waals surface area contributed by atoms with E-state index in [0.29, 0.717) is 12.0 Å². The second-order valence-corrected chi connectivity index (χ2v) is 8.27.